The van der Waals surface area contributed by atoms with Crippen LogP contribution in [0.2, 0.25) is 0 Å². The van der Waals surface area contributed by atoms with E-state index in [1.54, 1.807) is 18.2 Å². The topological polar surface area (TPSA) is 93.2 Å². The zero-order valence-electron chi connectivity index (χ0n) is 16.0. The molecule has 0 N–H and O–H groups in total. The third kappa shape index (κ3) is 4.22. The summed E-state index contributed by atoms with van der Waals surface area (Å²) < 4.78 is 66.3. The number of ether oxygens (including phenoxy) is 2. The van der Waals surface area contributed by atoms with E-state index in [-0.39, 0.29) is 36.0 Å². The van der Waals surface area contributed by atoms with Gasteiger partial charge in [-0.15, -0.1) is 0 Å². The highest BCUT2D eigenvalue weighted by atomic mass is 79.9. The number of piperazine rings is 1. The number of hydrogen-bond acceptors (Lipinski definition) is 6. The second-order valence-corrected chi connectivity index (χ2v) is 11.7. The molecule has 0 spiro atoms. The van der Waals surface area contributed by atoms with Crippen LogP contribution in [0, 0.1) is 0 Å². The van der Waals surface area contributed by atoms with E-state index in [4.69, 9.17) is 9.47 Å². The fourth-order valence-electron chi connectivity index (χ4n) is 3.38. The van der Waals surface area contributed by atoms with Crippen molar-refractivity contribution >= 4 is 36.0 Å². The van der Waals surface area contributed by atoms with Crippen LogP contribution >= 0.6 is 15.9 Å². The molecule has 0 saturated carbocycles. The molecule has 0 radical (unpaired) electrons. The van der Waals surface area contributed by atoms with Crippen molar-refractivity contribution in [2.45, 2.75) is 16.2 Å². The first-order valence-electron chi connectivity index (χ1n) is 9.44. The average Bonchev–Trinajstić information content (AvgIpc) is 2.98. The molecule has 2 aliphatic heterocycles. The molecule has 2 heterocycles. The number of benzene rings is 2. The quantitative estimate of drug-likeness (QED) is 0.618. The van der Waals surface area contributed by atoms with Gasteiger partial charge in [0.15, 0.2) is 11.5 Å². The normalized spacial score (nSPS) is 18.7. The van der Waals surface area contributed by atoms with Crippen LogP contribution in [0.4, 0.5) is 0 Å². The SMILES string of the molecule is O=S(=O)(c1cccc(Br)c1)N1CCN(S(=O)(=O)c2ccc3c(c2)OCCCO3)CC1. The Bertz CT molecular complexity index is 1150. The van der Waals surface area contributed by atoms with E-state index in [9.17, 15) is 16.8 Å². The maximum absolute atomic E-state index is 13.1. The van der Waals surface area contributed by atoms with E-state index in [0.717, 1.165) is 6.42 Å². The van der Waals surface area contributed by atoms with E-state index < -0.39 is 20.0 Å². The molecule has 0 aliphatic carbocycles. The van der Waals surface area contributed by atoms with Gasteiger partial charge in [0, 0.05) is 43.1 Å². The van der Waals surface area contributed by atoms with Gasteiger partial charge in [0.25, 0.3) is 0 Å². The molecule has 30 heavy (non-hydrogen) atoms. The van der Waals surface area contributed by atoms with Crippen LogP contribution in [-0.2, 0) is 20.0 Å². The number of sulfonamides is 2. The summed E-state index contributed by atoms with van der Waals surface area (Å²) in [4.78, 5) is 0.283. The molecule has 11 heteroatoms. The van der Waals surface area contributed by atoms with Crippen molar-refractivity contribution in [3.05, 3.63) is 46.9 Å². The second kappa shape index (κ2) is 8.46. The number of fused-ring (bicyclic) bond motifs is 1. The lowest BCUT2D eigenvalue weighted by Gasteiger charge is -2.33. The molecule has 0 amide bonds. The zero-order chi connectivity index (χ0) is 21.4. The van der Waals surface area contributed by atoms with Gasteiger partial charge in [-0.05, 0) is 30.3 Å². The van der Waals surface area contributed by atoms with Crippen molar-refractivity contribution in [1.29, 1.82) is 0 Å². The maximum Gasteiger partial charge on any atom is 0.243 e. The molecule has 0 atom stereocenters. The predicted molar refractivity (Wildman–Crippen MR) is 114 cm³/mol. The van der Waals surface area contributed by atoms with E-state index in [1.165, 1.54) is 32.9 Å². The Balaban J connectivity index is 1.50. The van der Waals surface area contributed by atoms with Crippen molar-refractivity contribution in [1.82, 2.24) is 8.61 Å². The summed E-state index contributed by atoms with van der Waals surface area (Å²) in [6.07, 6.45) is 0.727. The molecule has 1 fully saturated rings. The van der Waals surface area contributed by atoms with E-state index >= 15 is 0 Å². The number of nitrogens with zero attached hydrogens (tertiary/aromatic N) is 2. The smallest absolute Gasteiger partial charge is 0.243 e. The Morgan fingerprint density at radius 1 is 0.733 bits per heavy atom. The Hall–Kier alpha value is -1.66. The zero-order valence-corrected chi connectivity index (χ0v) is 19.2. The average molecular weight is 517 g/mol. The summed E-state index contributed by atoms with van der Waals surface area (Å²) >= 11 is 3.28. The summed E-state index contributed by atoms with van der Waals surface area (Å²) in [5.41, 5.74) is 0. The van der Waals surface area contributed by atoms with Crippen LogP contribution in [0.5, 0.6) is 11.5 Å². The Morgan fingerprint density at radius 3 is 1.90 bits per heavy atom. The third-order valence-corrected chi connectivity index (χ3v) is 9.27. The van der Waals surface area contributed by atoms with Gasteiger partial charge < -0.3 is 9.47 Å². The molecule has 0 aromatic heterocycles. The molecular weight excluding hydrogens is 496 g/mol. The fourth-order valence-corrected chi connectivity index (χ4v) is 6.84. The third-order valence-electron chi connectivity index (χ3n) is 4.99. The Morgan fingerprint density at radius 2 is 1.30 bits per heavy atom. The van der Waals surface area contributed by atoms with E-state index in [0.29, 0.717) is 29.2 Å². The first-order valence-corrected chi connectivity index (χ1v) is 13.1. The molecule has 0 unspecified atom stereocenters. The lowest BCUT2D eigenvalue weighted by molar-refractivity contribution is 0.272. The van der Waals surface area contributed by atoms with Gasteiger partial charge in [-0.1, -0.05) is 22.0 Å². The molecule has 8 nitrogen and oxygen atoms in total. The van der Waals surface area contributed by atoms with Crippen LogP contribution in [0.3, 0.4) is 0 Å². The Labute approximate surface area is 184 Å². The number of rotatable bonds is 4. The van der Waals surface area contributed by atoms with Crippen molar-refractivity contribution < 1.29 is 26.3 Å². The maximum atomic E-state index is 13.1. The van der Waals surface area contributed by atoms with Crippen molar-refractivity contribution in [2.75, 3.05) is 39.4 Å². The standard InChI is InChI=1S/C19H21BrN2O6S2/c20-15-3-1-4-16(13-15)29(23,24)21-7-9-22(10-8-21)30(25,26)17-5-6-18-19(14-17)28-12-2-11-27-18/h1,3-6,13-14H,2,7-12H2. The van der Waals surface area contributed by atoms with Crippen LogP contribution in [-0.4, -0.2) is 64.8 Å². The monoisotopic (exact) mass is 516 g/mol. The van der Waals surface area contributed by atoms with Crippen molar-refractivity contribution in [3.63, 3.8) is 0 Å². The minimum absolute atomic E-state index is 0.0734. The van der Waals surface area contributed by atoms with Gasteiger partial charge in [-0.25, -0.2) is 16.8 Å². The molecule has 0 bridgehead atoms. The molecule has 162 valence electrons. The van der Waals surface area contributed by atoms with Crippen LogP contribution < -0.4 is 9.47 Å². The lowest BCUT2D eigenvalue weighted by Crippen LogP contribution is -2.50. The Kier molecular flexibility index (Phi) is 6.08. The highest BCUT2D eigenvalue weighted by Gasteiger charge is 2.34. The summed E-state index contributed by atoms with van der Waals surface area (Å²) in [7, 11) is -7.47. The summed E-state index contributed by atoms with van der Waals surface area (Å²) in [6, 6.07) is 11.0. The first kappa shape index (κ1) is 21.6. The van der Waals surface area contributed by atoms with E-state index in [2.05, 4.69) is 15.9 Å². The lowest BCUT2D eigenvalue weighted by atomic mass is 10.3. The highest BCUT2D eigenvalue weighted by molar-refractivity contribution is 9.10. The second-order valence-electron chi connectivity index (χ2n) is 6.92. The molecule has 2 aromatic carbocycles. The molecule has 1 saturated heterocycles. The summed E-state index contributed by atoms with van der Waals surface area (Å²) in [5, 5.41) is 0. The highest BCUT2D eigenvalue weighted by Crippen LogP contribution is 2.33. The first-order chi connectivity index (χ1) is 14.3. The number of halogens is 1. The van der Waals surface area contributed by atoms with Crippen LogP contribution in [0.25, 0.3) is 0 Å². The molecule has 4 rings (SSSR count). The molecule has 2 aromatic rings. The van der Waals surface area contributed by atoms with Gasteiger partial charge in [-0.3, -0.25) is 0 Å². The fraction of sp³-hybridized carbons (Fsp3) is 0.368. The van der Waals surface area contributed by atoms with Gasteiger partial charge >= 0.3 is 0 Å². The van der Waals surface area contributed by atoms with Crippen molar-refractivity contribution in [2.24, 2.45) is 0 Å². The number of hydrogen-bond donors (Lipinski definition) is 0. The van der Waals surface area contributed by atoms with Gasteiger partial charge in [-0.2, -0.15) is 8.61 Å². The minimum Gasteiger partial charge on any atom is -0.490 e. The van der Waals surface area contributed by atoms with Crippen molar-refractivity contribution in [3.8, 4) is 11.5 Å². The molecular formula is C19H21BrN2O6S2. The predicted octanol–water partition coefficient (Wildman–Crippen LogP) is 2.31. The summed E-state index contributed by atoms with van der Waals surface area (Å²) in [5.74, 6) is 0.931. The van der Waals surface area contributed by atoms with Crippen LogP contribution in [0.1, 0.15) is 6.42 Å². The van der Waals surface area contributed by atoms with Gasteiger partial charge in [0.05, 0.1) is 23.0 Å². The minimum atomic E-state index is -3.78. The summed E-state index contributed by atoms with van der Waals surface area (Å²) in [6.45, 7) is 1.29. The largest absolute Gasteiger partial charge is 0.490 e. The van der Waals surface area contributed by atoms with E-state index in [1.807, 2.05) is 0 Å². The van der Waals surface area contributed by atoms with Gasteiger partial charge in [0.1, 0.15) is 0 Å². The van der Waals surface area contributed by atoms with Crippen LogP contribution in [0.15, 0.2) is 56.7 Å². The molecule has 2 aliphatic rings. The van der Waals surface area contributed by atoms with Gasteiger partial charge in [0.2, 0.25) is 20.0 Å².